The molecular weight excluding hydrogens is 176 g/mol. The van der Waals surface area contributed by atoms with E-state index in [1.165, 1.54) is 5.56 Å². The Morgan fingerprint density at radius 3 is 2.31 bits per heavy atom. The second-order valence-corrected chi connectivity index (χ2v) is 10.0. The first kappa shape index (κ1) is 10.3. The molecule has 0 radical (unpaired) electrons. The van der Waals surface area contributed by atoms with Crippen LogP contribution in [0.15, 0.2) is 24.3 Å². The number of aryl methyl sites for hydroxylation is 1. The molecule has 0 amide bonds. The van der Waals surface area contributed by atoms with Crippen LogP contribution >= 0.6 is 0 Å². The molecule has 0 aliphatic carbocycles. The normalized spacial score (nSPS) is 11.4. The maximum absolute atomic E-state index is 5.76. The van der Waals surface area contributed by atoms with Gasteiger partial charge in [0.2, 0.25) is 0 Å². The van der Waals surface area contributed by atoms with Crippen molar-refractivity contribution in [2.24, 2.45) is 0 Å². The van der Waals surface area contributed by atoms with Gasteiger partial charge in [0.15, 0.2) is 0 Å². The van der Waals surface area contributed by atoms with Crippen molar-refractivity contribution in [1.82, 2.24) is 0 Å². The number of benzene rings is 1. The minimum Gasteiger partial charge on any atom is -0.497 e. The zero-order valence-corrected chi connectivity index (χ0v) is 9.92. The first-order chi connectivity index (χ1) is 5.99. The molecule has 1 rings (SSSR count). The van der Waals surface area contributed by atoms with E-state index in [0.717, 1.165) is 12.0 Å². The molecule has 0 aromatic heterocycles. The van der Waals surface area contributed by atoms with Gasteiger partial charge in [0.05, 0.1) is 14.3 Å². The van der Waals surface area contributed by atoms with Gasteiger partial charge in [-0.3, -0.25) is 0 Å². The fourth-order valence-electron chi connectivity index (χ4n) is 1.01. The molecule has 0 saturated heterocycles. The van der Waals surface area contributed by atoms with E-state index in [0.29, 0.717) is 0 Å². The quantitative estimate of drug-likeness (QED) is 0.671. The van der Waals surface area contributed by atoms with Crippen LogP contribution in [0.25, 0.3) is 0 Å². The topological polar surface area (TPSA) is 9.23 Å². The van der Waals surface area contributed by atoms with Crippen LogP contribution in [0.1, 0.15) is 5.56 Å². The van der Waals surface area contributed by atoms with Crippen molar-refractivity contribution in [2.75, 3.05) is 6.23 Å². The third kappa shape index (κ3) is 3.64. The van der Waals surface area contributed by atoms with E-state index in [1.54, 1.807) is 0 Å². The molecule has 0 unspecified atom stereocenters. The number of para-hydroxylation sites is 1. The average Bonchev–Trinajstić information content (AvgIpc) is 2.01. The lowest BCUT2D eigenvalue weighted by Crippen LogP contribution is -2.30. The van der Waals surface area contributed by atoms with E-state index in [4.69, 9.17) is 4.74 Å². The first-order valence-corrected chi connectivity index (χ1v) is 8.38. The predicted octanol–water partition coefficient (Wildman–Crippen LogP) is 3.25. The lowest BCUT2D eigenvalue weighted by atomic mass is 10.2. The van der Waals surface area contributed by atoms with Gasteiger partial charge in [0.1, 0.15) is 5.75 Å². The maximum Gasteiger partial charge on any atom is 0.121 e. The van der Waals surface area contributed by atoms with Crippen molar-refractivity contribution in [3.05, 3.63) is 29.8 Å². The largest absolute Gasteiger partial charge is 0.497 e. The highest BCUT2D eigenvalue weighted by Crippen LogP contribution is 2.17. The van der Waals surface area contributed by atoms with Gasteiger partial charge in [0, 0.05) is 0 Å². The Morgan fingerprint density at radius 2 is 1.77 bits per heavy atom. The van der Waals surface area contributed by atoms with E-state index >= 15 is 0 Å². The summed E-state index contributed by atoms with van der Waals surface area (Å²) in [7, 11) is -1.09. The second kappa shape index (κ2) is 3.96. The Hall–Kier alpha value is -0.763. The van der Waals surface area contributed by atoms with E-state index in [9.17, 15) is 0 Å². The molecule has 72 valence electrons. The van der Waals surface area contributed by atoms with Crippen LogP contribution in [-0.2, 0) is 0 Å². The molecule has 0 N–H and O–H groups in total. The molecule has 2 heteroatoms. The van der Waals surface area contributed by atoms with E-state index in [2.05, 4.69) is 32.6 Å². The van der Waals surface area contributed by atoms with Crippen molar-refractivity contribution in [1.29, 1.82) is 0 Å². The monoisotopic (exact) mass is 194 g/mol. The zero-order chi connectivity index (χ0) is 9.90. The molecule has 0 fully saturated rings. The van der Waals surface area contributed by atoms with Crippen molar-refractivity contribution in [3.8, 4) is 5.75 Å². The molecule has 0 spiro atoms. The maximum atomic E-state index is 5.76. The lowest BCUT2D eigenvalue weighted by molar-refractivity contribution is 0.375. The first-order valence-electron chi connectivity index (χ1n) is 4.67. The van der Waals surface area contributed by atoms with Gasteiger partial charge < -0.3 is 4.74 Å². The number of rotatable bonds is 3. The Morgan fingerprint density at radius 1 is 1.15 bits per heavy atom. The van der Waals surface area contributed by atoms with Crippen LogP contribution in [-0.4, -0.2) is 14.3 Å². The average molecular weight is 194 g/mol. The molecule has 0 aliphatic heterocycles. The summed E-state index contributed by atoms with van der Waals surface area (Å²) in [5.41, 5.74) is 1.22. The minimum absolute atomic E-state index is 0.901. The third-order valence-corrected chi connectivity index (χ3v) is 2.76. The highest BCUT2D eigenvalue weighted by molar-refractivity contribution is 6.76. The highest BCUT2D eigenvalue weighted by Gasteiger charge is 2.14. The van der Waals surface area contributed by atoms with Crippen molar-refractivity contribution in [3.63, 3.8) is 0 Å². The third-order valence-electron chi connectivity index (χ3n) is 1.75. The van der Waals surface area contributed by atoms with E-state index < -0.39 is 8.07 Å². The molecule has 0 bridgehead atoms. The Kier molecular flexibility index (Phi) is 3.15. The smallest absolute Gasteiger partial charge is 0.121 e. The molecular formula is C11H18OSi. The van der Waals surface area contributed by atoms with Crippen LogP contribution < -0.4 is 4.74 Å². The number of hydrogen-bond donors (Lipinski definition) is 0. The molecule has 0 atom stereocenters. The standard InChI is InChI=1S/C11H18OSi/c1-10-7-5-6-8-11(10)12-9-13(2,3)4/h5-8H,9H2,1-4H3. The summed E-state index contributed by atoms with van der Waals surface area (Å²) < 4.78 is 5.76. The van der Waals surface area contributed by atoms with Crippen molar-refractivity contribution >= 4 is 8.07 Å². The van der Waals surface area contributed by atoms with E-state index in [-0.39, 0.29) is 0 Å². The fraction of sp³-hybridized carbons (Fsp3) is 0.455. The SMILES string of the molecule is Cc1ccccc1OC[Si](C)(C)C. The molecule has 0 saturated carbocycles. The predicted molar refractivity (Wildman–Crippen MR) is 60.0 cm³/mol. The summed E-state index contributed by atoms with van der Waals surface area (Å²) in [6.45, 7) is 9.02. The summed E-state index contributed by atoms with van der Waals surface area (Å²) in [5, 5.41) is 0. The van der Waals surface area contributed by atoms with Crippen LogP contribution in [0, 0.1) is 6.92 Å². The molecule has 0 heterocycles. The van der Waals surface area contributed by atoms with Crippen molar-refractivity contribution < 1.29 is 4.74 Å². The Bertz CT molecular complexity index is 276. The number of hydrogen-bond acceptors (Lipinski definition) is 1. The van der Waals surface area contributed by atoms with Gasteiger partial charge in [-0.05, 0) is 18.6 Å². The molecule has 1 aromatic carbocycles. The van der Waals surface area contributed by atoms with Crippen LogP contribution in [0.5, 0.6) is 5.75 Å². The Balaban J connectivity index is 2.60. The number of ether oxygens (including phenoxy) is 1. The van der Waals surface area contributed by atoms with Gasteiger partial charge in [-0.15, -0.1) is 0 Å². The van der Waals surface area contributed by atoms with Crippen LogP contribution in [0.3, 0.4) is 0 Å². The molecule has 0 aliphatic rings. The van der Waals surface area contributed by atoms with E-state index in [1.807, 2.05) is 18.2 Å². The van der Waals surface area contributed by atoms with Crippen molar-refractivity contribution in [2.45, 2.75) is 26.6 Å². The van der Waals surface area contributed by atoms with Gasteiger partial charge in [-0.25, -0.2) is 0 Å². The van der Waals surface area contributed by atoms with Gasteiger partial charge in [-0.1, -0.05) is 37.8 Å². The lowest BCUT2D eigenvalue weighted by Gasteiger charge is -2.17. The molecule has 1 aromatic rings. The van der Waals surface area contributed by atoms with Crippen LogP contribution in [0.2, 0.25) is 19.6 Å². The zero-order valence-electron chi connectivity index (χ0n) is 8.92. The summed E-state index contributed by atoms with van der Waals surface area (Å²) >= 11 is 0. The second-order valence-electron chi connectivity index (χ2n) is 4.61. The minimum atomic E-state index is -1.09. The van der Waals surface area contributed by atoms with Gasteiger partial charge in [-0.2, -0.15) is 0 Å². The Labute approximate surface area is 81.8 Å². The summed E-state index contributed by atoms with van der Waals surface area (Å²) in [4.78, 5) is 0. The molecule has 1 nitrogen and oxygen atoms in total. The molecule has 13 heavy (non-hydrogen) atoms. The summed E-state index contributed by atoms with van der Waals surface area (Å²) in [6, 6.07) is 8.18. The van der Waals surface area contributed by atoms with Crippen LogP contribution in [0.4, 0.5) is 0 Å². The van der Waals surface area contributed by atoms with Gasteiger partial charge in [0.25, 0.3) is 0 Å². The highest BCUT2D eigenvalue weighted by atomic mass is 28.3. The summed E-state index contributed by atoms with van der Waals surface area (Å²) in [6.07, 6.45) is 0.901. The van der Waals surface area contributed by atoms with Gasteiger partial charge >= 0.3 is 0 Å². The fourth-order valence-corrected chi connectivity index (χ4v) is 1.60. The summed E-state index contributed by atoms with van der Waals surface area (Å²) in [5.74, 6) is 1.03.